The number of methoxy groups -OCH3 is 2. The third kappa shape index (κ3) is 2.12. The summed E-state index contributed by atoms with van der Waals surface area (Å²) in [5, 5.41) is 4.01. The molecule has 0 atom stereocenters. The van der Waals surface area contributed by atoms with Gasteiger partial charge >= 0.3 is 5.97 Å². The van der Waals surface area contributed by atoms with Crippen LogP contribution >= 0.6 is 0 Å². The molecule has 0 spiro atoms. The number of aryl methyl sites for hydroxylation is 1. The van der Waals surface area contributed by atoms with E-state index in [1.807, 2.05) is 0 Å². The summed E-state index contributed by atoms with van der Waals surface area (Å²) in [5.74, 6) is -0.221. The molecular formula is C11H13N3O4. The first kappa shape index (κ1) is 12.3. The molecule has 0 aromatic carbocycles. The molecule has 18 heavy (non-hydrogen) atoms. The van der Waals surface area contributed by atoms with Crippen LogP contribution in [0.1, 0.15) is 16.2 Å². The summed E-state index contributed by atoms with van der Waals surface area (Å²) in [5.41, 5.74) is 1.07. The summed E-state index contributed by atoms with van der Waals surface area (Å²) < 4.78 is 16.6. The van der Waals surface area contributed by atoms with E-state index in [1.54, 1.807) is 24.0 Å². The molecule has 2 heterocycles. The number of hydrogen-bond donors (Lipinski definition) is 0. The van der Waals surface area contributed by atoms with Crippen LogP contribution in [0.5, 0.6) is 0 Å². The number of esters is 1. The molecule has 0 unspecified atom stereocenters. The molecule has 96 valence electrons. The van der Waals surface area contributed by atoms with Crippen molar-refractivity contribution in [3.05, 3.63) is 23.7 Å². The maximum Gasteiger partial charge on any atom is 0.376 e. The minimum absolute atomic E-state index is 0.0514. The maximum atomic E-state index is 11.5. The molecular weight excluding hydrogens is 238 g/mol. The Morgan fingerprint density at radius 1 is 1.50 bits per heavy atom. The zero-order valence-electron chi connectivity index (χ0n) is 10.3. The lowest BCUT2D eigenvalue weighted by molar-refractivity contribution is 0.0559. The topological polar surface area (TPSA) is 79.4 Å². The highest BCUT2D eigenvalue weighted by Crippen LogP contribution is 2.22. The van der Waals surface area contributed by atoms with E-state index >= 15 is 0 Å². The highest BCUT2D eigenvalue weighted by molar-refractivity contribution is 5.87. The van der Waals surface area contributed by atoms with E-state index in [2.05, 4.69) is 14.8 Å². The van der Waals surface area contributed by atoms with Gasteiger partial charge in [-0.3, -0.25) is 4.68 Å². The van der Waals surface area contributed by atoms with Crippen molar-refractivity contribution in [1.82, 2.24) is 14.8 Å². The van der Waals surface area contributed by atoms with Gasteiger partial charge in [0.2, 0.25) is 11.7 Å². The minimum atomic E-state index is -0.581. The number of ether oxygens (including phenoxy) is 2. The van der Waals surface area contributed by atoms with Crippen LogP contribution in [0.2, 0.25) is 0 Å². The van der Waals surface area contributed by atoms with Gasteiger partial charge in [0, 0.05) is 20.4 Å². The Labute approximate surface area is 103 Å². The Morgan fingerprint density at radius 3 is 2.83 bits per heavy atom. The summed E-state index contributed by atoms with van der Waals surface area (Å²) in [4.78, 5) is 15.8. The summed E-state index contributed by atoms with van der Waals surface area (Å²) in [7, 11) is 4.55. The van der Waals surface area contributed by atoms with Crippen molar-refractivity contribution in [2.75, 3.05) is 14.2 Å². The minimum Gasteiger partial charge on any atom is -0.463 e. The molecule has 0 N–H and O–H groups in total. The second-order valence-electron chi connectivity index (χ2n) is 3.56. The first-order valence-corrected chi connectivity index (χ1v) is 5.22. The Hall–Kier alpha value is -2.15. The molecule has 0 aliphatic carbocycles. The zero-order chi connectivity index (χ0) is 13.1. The second-order valence-corrected chi connectivity index (χ2v) is 3.56. The van der Waals surface area contributed by atoms with Crippen molar-refractivity contribution < 1.29 is 18.7 Å². The number of carbonyl (C=O) groups is 1. The molecule has 0 radical (unpaired) electrons. The van der Waals surface area contributed by atoms with Crippen LogP contribution in [0.4, 0.5) is 0 Å². The van der Waals surface area contributed by atoms with E-state index in [-0.39, 0.29) is 12.4 Å². The zero-order valence-corrected chi connectivity index (χ0v) is 10.3. The van der Waals surface area contributed by atoms with Crippen LogP contribution in [0.15, 0.2) is 16.7 Å². The number of nitrogens with zero attached hydrogens (tertiary/aromatic N) is 3. The number of aromatic nitrogens is 3. The van der Waals surface area contributed by atoms with Crippen molar-refractivity contribution in [1.29, 1.82) is 0 Å². The lowest BCUT2D eigenvalue weighted by Crippen LogP contribution is -2.04. The first-order valence-electron chi connectivity index (χ1n) is 5.22. The van der Waals surface area contributed by atoms with E-state index in [4.69, 9.17) is 9.15 Å². The van der Waals surface area contributed by atoms with Gasteiger partial charge in [0.05, 0.1) is 13.7 Å². The molecule has 0 aliphatic heterocycles. The number of oxazole rings is 1. The molecule has 2 rings (SSSR count). The van der Waals surface area contributed by atoms with Crippen molar-refractivity contribution in [2.24, 2.45) is 7.05 Å². The molecule has 0 bridgehead atoms. The van der Waals surface area contributed by atoms with Gasteiger partial charge in [-0.25, -0.2) is 9.78 Å². The van der Waals surface area contributed by atoms with Crippen molar-refractivity contribution in [3.8, 4) is 11.6 Å². The largest absolute Gasteiger partial charge is 0.463 e. The van der Waals surface area contributed by atoms with E-state index in [0.717, 1.165) is 0 Å². The molecule has 0 amide bonds. The van der Waals surface area contributed by atoms with Gasteiger partial charge in [0.15, 0.2) is 0 Å². The SMILES string of the molecule is COCc1nc(-c2ccnn2C)oc1C(=O)OC. The third-order valence-electron chi connectivity index (χ3n) is 2.39. The summed E-state index contributed by atoms with van der Waals surface area (Å²) in [6, 6.07) is 1.74. The predicted molar refractivity (Wildman–Crippen MR) is 60.8 cm³/mol. The lowest BCUT2D eigenvalue weighted by atomic mass is 10.3. The highest BCUT2D eigenvalue weighted by Gasteiger charge is 2.22. The van der Waals surface area contributed by atoms with Crippen LogP contribution in [-0.2, 0) is 23.1 Å². The van der Waals surface area contributed by atoms with Crippen molar-refractivity contribution in [2.45, 2.75) is 6.61 Å². The highest BCUT2D eigenvalue weighted by atomic mass is 16.5. The Balaban J connectivity index is 2.45. The van der Waals surface area contributed by atoms with E-state index in [1.165, 1.54) is 14.2 Å². The predicted octanol–water partition coefficient (Wildman–Crippen LogP) is 1.01. The van der Waals surface area contributed by atoms with Crippen LogP contribution < -0.4 is 0 Å². The fourth-order valence-corrected chi connectivity index (χ4v) is 1.53. The Morgan fingerprint density at radius 2 is 2.28 bits per heavy atom. The van der Waals surface area contributed by atoms with Gasteiger partial charge in [-0.15, -0.1) is 0 Å². The number of carbonyl (C=O) groups excluding carboxylic acids is 1. The van der Waals surface area contributed by atoms with Gasteiger partial charge < -0.3 is 13.9 Å². The molecule has 7 heteroatoms. The number of rotatable bonds is 4. The Bertz CT molecular complexity index is 558. The van der Waals surface area contributed by atoms with Gasteiger partial charge in [0.25, 0.3) is 0 Å². The fourth-order valence-electron chi connectivity index (χ4n) is 1.53. The third-order valence-corrected chi connectivity index (χ3v) is 2.39. The normalized spacial score (nSPS) is 10.6. The Kier molecular flexibility index (Phi) is 3.42. The fraction of sp³-hybridized carbons (Fsp3) is 0.364. The molecule has 0 aliphatic rings. The van der Waals surface area contributed by atoms with Gasteiger partial charge in [-0.2, -0.15) is 5.10 Å². The van der Waals surface area contributed by atoms with Gasteiger partial charge in [-0.1, -0.05) is 0 Å². The standard InChI is InChI=1S/C11H13N3O4/c1-14-8(4-5-12-14)10-13-7(6-16-2)9(18-10)11(15)17-3/h4-5H,6H2,1-3H3. The van der Waals surface area contributed by atoms with Crippen LogP contribution in [0.3, 0.4) is 0 Å². The van der Waals surface area contributed by atoms with E-state index < -0.39 is 5.97 Å². The van der Waals surface area contributed by atoms with Crippen LogP contribution in [-0.4, -0.2) is 35.0 Å². The smallest absolute Gasteiger partial charge is 0.376 e. The molecule has 2 aromatic rings. The maximum absolute atomic E-state index is 11.5. The summed E-state index contributed by atoms with van der Waals surface area (Å²) in [6.45, 7) is 0.172. The average Bonchev–Trinajstić information content (AvgIpc) is 2.95. The average molecular weight is 251 g/mol. The lowest BCUT2D eigenvalue weighted by Gasteiger charge is -1.96. The van der Waals surface area contributed by atoms with Crippen molar-refractivity contribution in [3.63, 3.8) is 0 Å². The second kappa shape index (κ2) is 5.01. The molecule has 0 saturated heterocycles. The van der Waals surface area contributed by atoms with Gasteiger partial charge in [-0.05, 0) is 6.07 Å². The molecule has 2 aromatic heterocycles. The van der Waals surface area contributed by atoms with Crippen molar-refractivity contribution >= 4 is 5.97 Å². The monoisotopic (exact) mass is 251 g/mol. The quantitative estimate of drug-likeness (QED) is 0.754. The summed E-state index contributed by atoms with van der Waals surface area (Å²) >= 11 is 0. The molecule has 0 fully saturated rings. The molecule has 0 saturated carbocycles. The van der Waals surface area contributed by atoms with E-state index in [9.17, 15) is 4.79 Å². The van der Waals surface area contributed by atoms with Crippen LogP contribution in [0.25, 0.3) is 11.6 Å². The van der Waals surface area contributed by atoms with E-state index in [0.29, 0.717) is 17.3 Å². The van der Waals surface area contributed by atoms with Crippen LogP contribution in [0, 0.1) is 0 Å². The summed E-state index contributed by atoms with van der Waals surface area (Å²) in [6.07, 6.45) is 1.62. The number of hydrogen-bond acceptors (Lipinski definition) is 6. The van der Waals surface area contributed by atoms with Gasteiger partial charge in [0.1, 0.15) is 11.4 Å². The first-order chi connectivity index (χ1) is 8.67. The molecule has 7 nitrogen and oxygen atoms in total.